The molecule has 5 aromatic rings. The van der Waals surface area contributed by atoms with Crippen LogP contribution in [0.1, 0.15) is 155 Å². The van der Waals surface area contributed by atoms with Crippen LogP contribution >= 0.6 is 0 Å². The average molecular weight is 937 g/mol. The SMILES string of the molecule is CC.COC(=O)N1CCC2(CCC(Nc3ncc4c(n3)n(C3CCCC3)c(=O)n4C)CC2)C1.Cn1c(=O)n(C2CCCC2)c2nc(NC3CCC4(CC3)CCN(C(=O)c3ccccc3)C4)ncc21.[HH].[HH]. The van der Waals surface area contributed by atoms with Gasteiger partial charge in [-0.1, -0.05) is 57.7 Å². The molecule has 6 heterocycles. The van der Waals surface area contributed by atoms with Gasteiger partial charge in [0.1, 0.15) is 11.0 Å². The van der Waals surface area contributed by atoms with Crippen LogP contribution in [-0.2, 0) is 18.8 Å². The largest absolute Gasteiger partial charge is 0.453 e. The molecule has 11 rings (SSSR count). The Hall–Kier alpha value is -5.74. The molecular weight excluding hydrogens is 861 g/mol. The van der Waals surface area contributed by atoms with E-state index < -0.39 is 0 Å². The van der Waals surface area contributed by atoms with Gasteiger partial charge < -0.3 is 25.2 Å². The number of nitrogens with one attached hydrogen (secondary N) is 2. The second-order valence-corrected chi connectivity index (χ2v) is 20.4. The van der Waals surface area contributed by atoms with Crippen LogP contribution in [0.5, 0.6) is 0 Å². The van der Waals surface area contributed by atoms with E-state index in [-0.39, 0.29) is 49.1 Å². The van der Waals surface area contributed by atoms with E-state index in [4.69, 9.17) is 14.7 Å². The summed E-state index contributed by atoms with van der Waals surface area (Å²) in [5, 5.41) is 7.08. The summed E-state index contributed by atoms with van der Waals surface area (Å²) >= 11 is 0. The first-order valence-corrected chi connectivity index (χ1v) is 25.6. The number of hydrogen-bond donors (Lipinski definition) is 2. The number of hydrogen-bond acceptors (Lipinski definition) is 11. The summed E-state index contributed by atoms with van der Waals surface area (Å²) in [4.78, 5) is 73.0. The van der Waals surface area contributed by atoms with Crippen molar-refractivity contribution < 1.29 is 17.2 Å². The molecule has 6 aliphatic rings. The van der Waals surface area contributed by atoms with Crippen LogP contribution < -0.4 is 22.0 Å². The average Bonchev–Trinajstić information content (AvgIpc) is 4.26. The van der Waals surface area contributed by atoms with Crippen LogP contribution in [0.3, 0.4) is 0 Å². The Kier molecular flexibility index (Phi) is 14.0. The third kappa shape index (κ3) is 9.37. The highest BCUT2D eigenvalue weighted by Crippen LogP contribution is 2.46. The molecule has 2 spiro atoms. The third-order valence-electron chi connectivity index (χ3n) is 16.4. The number of aryl methyl sites for hydroxylation is 2. The monoisotopic (exact) mass is 937 g/mol. The fraction of sp³-hybridized carbons (Fsp3) is 0.647. The van der Waals surface area contributed by atoms with Crippen LogP contribution in [0.2, 0.25) is 0 Å². The van der Waals surface area contributed by atoms with E-state index in [9.17, 15) is 19.2 Å². The lowest BCUT2D eigenvalue weighted by Gasteiger charge is -2.37. The second kappa shape index (κ2) is 20.1. The molecule has 2 saturated heterocycles. The lowest BCUT2D eigenvalue weighted by Crippen LogP contribution is -2.37. The van der Waals surface area contributed by atoms with E-state index in [2.05, 4.69) is 20.6 Å². The number of imidazole rings is 2. The molecule has 2 amide bonds. The molecule has 17 heteroatoms. The minimum absolute atomic E-state index is 0. The van der Waals surface area contributed by atoms with Crippen molar-refractivity contribution in [3.63, 3.8) is 0 Å². The zero-order valence-corrected chi connectivity index (χ0v) is 40.9. The molecule has 4 aliphatic carbocycles. The molecule has 4 saturated carbocycles. The highest BCUT2D eigenvalue weighted by molar-refractivity contribution is 5.94. The number of benzene rings is 1. The summed E-state index contributed by atoms with van der Waals surface area (Å²) in [6, 6.07) is 10.7. The minimum Gasteiger partial charge on any atom is -0.453 e. The predicted molar refractivity (Wildman–Crippen MR) is 268 cm³/mol. The van der Waals surface area contributed by atoms with Crippen molar-refractivity contribution in [3.8, 4) is 0 Å². The van der Waals surface area contributed by atoms with E-state index >= 15 is 0 Å². The number of methoxy groups -OCH3 is 1. The summed E-state index contributed by atoms with van der Waals surface area (Å²) in [7, 11) is 5.05. The standard InChI is InChI=1S/C27H34N6O2.C22H32N6O3.C2H6.2H2/c1-31-22-17-28-25(30-23(22)33(26(31)35)21-9-5-6-10-21)29-20-11-13-27(14-12-20)15-16-32(18-27)24(34)19-7-3-2-4-8-19;1-26-17-13-23-19(25-18(17)28(20(26)29)16-5-3-4-6-16)24-15-7-9-22(10-8-15)11-12-27(14-22)21(30)31-2;1-2;;/h2-4,7-8,17,20-21H,5-6,9-16,18H2,1H3,(H,28,29,30);13,15-16H,3-12,14H2,1-2H3,(H,23,24,25);1-2H3;2*1H. The molecule has 370 valence electrons. The zero-order chi connectivity index (χ0) is 47.6. The summed E-state index contributed by atoms with van der Waals surface area (Å²) in [5.41, 5.74) is 4.33. The fourth-order valence-corrected chi connectivity index (χ4v) is 12.4. The molecule has 2 aliphatic heterocycles. The Morgan fingerprint density at radius 1 is 0.632 bits per heavy atom. The van der Waals surface area contributed by atoms with Gasteiger partial charge in [0, 0.05) is 72.9 Å². The first-order valence-electron chi connectivity index (χ1n) is 25.6. The van der Waals surface area contributed by atoms with Crippen molar-refractivity contribution >= 4 is 46.2 Å². The predicted octanol–water partition coefficient (Wildman–Crippen LogP) is 8.71. The Bertz CT molecular complexity index is 2690. The van der Waals surface area contributed by atoms with E-state index in [0.717, 1.165) is 144 Å². The maximum absolute atomic E-state index is 12.9. The Morgan fingerprint density at radius 3 is 1.50 bits per heavy atom. The number of fused-ring (bicyclic) bond motifs is 2. The first kappa shape index (κ1) is 47.3. The number of ether oxygens (including phenoxy) is 1. The van der Waals surface area contributed by atoms with Crippen molar-refractivity contribution in [3.05, 3.63) is 69.3 Å². The number of nitrogens with zero attached hydrogens (tertiary/aromatic N) is 10. The Morgan fingerprint density at radius 2 is 1.06 bits per heavy atom. The molecule has 17 nitrogen and oxygen atoms in total. The van der Waals surface area contributed by atoms with Gasteiger partial charge in [0.2, 0.25) is 11.9 Å². The van der Waals surface area contributed by atoms with Gasteiger partial charge in [0.15, 0.2) is 11.3 Å². The van der Waals surface area contributed by atoms with Gasteiger partial charge in [0.25, 0.3) is 5.91 Å². The molecular formula is C51H76N12O5. The zero-order valence-electron chi connectivity index (χ0n) is 40.9. The molecule has 6 fully saturated rings. The van der Waals surface area contributed by atoms with Gasteiger partial charge >= 0.3 is 17.5 Å². The smallest absolute Gasteiger partial charge is 0.409 e. The second-order valence-electron chi connectivity index (χ2n) is 20.4. The number of rotatable bonds is 7. The van der Waals surface area contributed by atoms with Crippen LogP contribution in [0.4, 0.5) is 16.7 Å². The van der Waals surface area contributed by atoms with Gasteiger partial charge in [-0.3, -0.25) is 23.1 Å². The summed E-state index contributed by atoms with van der Waals surface area (Å²) in [6.07, 6.45) is 22.8. The van der Waals surface area contributed by atoms with Crippen LogP contribution in [-0.4, -0.2) is 105 Å². The highest BCUT2D eigenvalue weighted by Gasteiger charge is 2.44. The van der Waals surface area contributed by atoms with E-state index in [1.165, 1.54) is 32.8 Å². The number of likely N-dealkylation sites (tertiary alicyclic amines) is 2. The van der Waals surface area contributed by atoms with Gasteiger partial charge in [-0.15, -0.1) is 0 Å². The van der Waals surface area contributed by atoms with E-state index in [1.54, 1.807) is 35.6 Å². The third-order valence-corrected chi connectivity index (χ3v) is 16.4. The lowest BCUT2D eigenvalue weighted by molar-refractivity contribution is 0.0757. The lowest BCUT2D eigenvalue weighted by atomic mass is 9.72. The van der Waals surface area contributed by atoms with Crippen LogP contribution in [0.15, 0.2) is 52.3 Å². The maximum atomic E-state index is 12.9. The van der Waals surface area contributed by atoms with Crippen LogP contribution in [0, 0.1) is 10.8 Å². The molecule has 0 atom stereocenters. The highest BCUT2D eigenvalue weighted by atomic mass is 16.5. The van der Waals surface area contributed by atoms with Crippen molar-refractivity contribution in [2.45, 2.75) is 154 Å². The molecule has 68 heavy (non-hydrogen) atoms. The van der Waals surface area contributed by atoms with E-state index in [0.29, 0.717) is 24.0 Å². The fourth-order valence-electron chi connectivity index (χ4n) is 12.4. The number of amides is 2. The molecule has 4 aromatic heterocycles. The minimum atomic E-state index is -0.213. The number of aromatic nitrogens is 8. The first-order chi connectivity index (χ1) is 33.0. The quantitative estimate of drug-likeness (QED) is 0.159. The van der Waals surface area contributed by atoms with Crippen molar-refractivity contribution in [2.24, 2.45) is 24.9 Å². The van der Waals surface area contributed by atoms with Crippen molar-refractivity contribution in [2.75, 3.05) is 43.9 Å². The van der Waals surface area contributed by atoms with E-state index in [1.807, 2.05) is 63.1 Å². The summed E-state index contributed by atoms with van der Waals surface area (Å²) in [5.74, 6) is 1.37. The summed E-state index contributed by atoms with van der Waals surface area (Å²) in [6.45, 7) is 7.29. The van der Waals surface area contributed by atoms with Crippen LogP contribution in [0.25, 0.3) is 22.3 Å². The maximum Gasteiger partial charge on any atom is 0.409 e. The van der Waals surface area contributed by atoms with Gasteiger partial charge in [-0.2, -0.15) is 9.97 Å². The van der Waals surface area contributed by atoms with Gasteiger partial charge in [0.05, 0.1) is 19.5 Å². The number of anilines is 2. The van der Waals surface area contributed by atoms with Crippen molar-refractivity contribution in [1.82, 2.24) is 48.0 Å². The number of carbonyl (C=O) groups excluding carboxylic acids is 2. The van der Waals surface area contributed by atoms with Gasteiger partial charge in [-0.25, -0.2) is 24.4 Å². The molecule has 0 unspecified atom stereocenters. The normalized spacial score (nSPS) is 25.2. The molecule has 0 radical (unpaired) electrons. The van der Waals surface area contributed by atoms with Crippen molar-refractivity contribution in [1.29, 1.82) is 0 Å². The molecule has 1 aromatic carbocycles. The number of carbonyl (C=O) groups is 2. The Labute approximate surface area is 402 Å². The molecule has 2 N–H and O–H groups in total. The summed E-state index contributed by atoms with van der Waals surface area (Å²) < 4.78 is 12.0. The topological polar surface area (TPSA) is 179 Å². The Balaban J connectivity index is 0.000000195. The van der Waals surface area contributed by atoms with Gasteiger partial charge in [-0.05, 0) is 113 Å². The molecule has 0 bridgehead atoms.